The van der Waals surface area contributed by atoms with E-state index >= 15 is 0 Å². The summed E-state index contributed by atoms with van der Waals surface area (Å²) >= 11 is 6.26. The van der Waals surface area contributed by atoms with Crippen molar-refractivity contribution in [1.29, 1.82) is 5.41 Å². The number of hydrogen-bond acceptors (Lipinski definition) is 6. The van der Waals surface area contributed by atoms with Gasteiger partial charge in [-0.15, -0.1) is 4.74 Å². The maximum Gasteiger partial charge on any atom is 0.356 e. The van der Waals surface area contributed by atoms with Crippen LogP contribution in [0.2, 0.25) is 5.02 Å². The van der Waals surface area contributed by atoms with E-state index in [0.29, 0.717) is 22.6 Å². The lowest BCUT2D eigenvalue weighted by Crippen LogP contribution is -2.31. The molecule has 0 aliphatic carbocycles. The van der Waals surface area contributed by atoms with Crippen LogP contribution in [-0.4, -0.2) is 14.5 Å². The molecule has 0 fully saturated rings. The van der Waals surface area contributed by atoms with Crippen LogP contribution in [0.1, 0.15) is 16.7 Å². The average molecular weight is 463 g/mol. The molecular formula is C24H19ClN4O4. The summed E-state index contributed by atoms with van der Waals surface area (Å²) in [5.41, 5.74) is 0.204. The quantitative estimate of drug-likeness (QED) is 0.488. The lowest BCUT2D eigenvalue weighted by Gasteiger charge is -2.11. The minimum absolute atomic E-state index is 0.0486. The predicted octanol–water partition coefficient (Wildman–Crippen LogP) is 3.48. The molecule has 0 bridgehead atoms. The van der Waals surface area contributed by atoms with Gasteiger partial charge < -0.3 is 9.05 Å². The Balaban J connectivity index is 1.95. The second-order valence-corrected chi connectivity index (χ2v) is 7.46. The van der Waals surface area contributed by atoms with Gasteiger partial charge in [0, 0.05) is 35.3 Å². The van der Waals surface area contributed by atoms with Crippen LogP contribution in [0.3, 0.4) is 0 Å². The van der Waals surface area contributed by atoms with Gasteiger partial charge in [-0.3, -0.25) is 5.41 Å². The Kier molecular flexibility index (Phi) is 6.66. The second-order valence-electron chi connectivity index (χ2n) is 7.05. The molecule has 2 aromatic heterocycles. The molecule has 166 valence electrons. The zero-order valence-corrected chi connectivity index (χ0v) is 18.1. The van der Waals surface area contributed by atoms with E-state index in [-0.39, 0.29) is 12.4 Å². The molecule has 0 radical (unpaired) electrons. The SMILES string of the molecule is N=c1n(Cc2ccccc2Cl)oc(=O)ccc(=O)on1-c1ncccc1Cc1ccccc1. The molecule has 8 nitrogen and oxygen atoms in total. The fourth-order valence-corrected chi connectivity index (χ4v) is 3.38. The number of hydrogen-bond donors (Lipinski definition) is 1. The van der Waals surface area contributed by atoms with Crippen molar-refractivity contribution in [2.45, 2.75) is 13.0 Å². The molecule has 0 unspecified atom stereocenters. The molecule has 0 saturated carbocycles. The third-order valence-corrected chi connectivity index (χ3v) is 5.10. The molecule has 33 heavy (non-hydrogen) atoms. The lowest BCUT2D eigenvalue weighted by atomic mass is 10.1. The lowest BCUT2D eigenvalue weighted by molar-refractivity contribution is 0.196. The molecule has 9 heteroatoms. The highest BCUT2D eigenvalue weighted by Gasteiger charge is 2.12. The zero-order chi connectivity index (χ0) is 23.2. The van der Waals surface area contributed by atoms with Crippen LogP contribution in [0, 0.1) is 5.41 Å². The van der Waals surface area contributed by atoms with Gasteiger partial charge in [-0.25, -0.2) is 14.6 Å². The summed E-state index contributed by atoms with van der Waals surface area (Å²) in [4.78, 5) is 28.9. The normalized spacial score (nSPS) is 10.6. The van der Waals surface area contributed by atoms with Gasteiger partial charge in [0.25, 0.3) is 5.62 Å². The Bertz CT molecular complexity index is 1500. The van der Waals surface area contributed by atoms with E-state index in [1.807, 2.05) is 36.4 Å². The predicted molar refractivity (Wildman–Crippen MR) is 122 cm³/mol. The summed E-state index contributed by atoms with van der Waals surface area (Å²) in [6.07, 6.45) is 2.00. The van der Waals surface area contributed by atoms with Crippen LogP contribution in [-0.2, 0) is 13.0 Å². The topological polar surface area (TPSA) is 107 Å². The summed E-state index contributed by atoms with van der Waals surface area (Å²) in [5.74, 6) is 0.218. The molecule has 2 aromatic carbocycles. The first kappa shape index (κ1) is 22.0. The van der Waals surface area contributed by atoms with Gasteiger partial charge in [-0.05, 0) is 23.3 Å². The number of aromatic nitrogens is 3. The van der Waals surface area contributed by atoms with Crippen molar-refractivity contribution >= 4 is 11.6 Å². The first-order chi connectivity index (χ1) is 16.0. The highest BCUT2D eigenvalue weighted by atomic mass is 35.5. The molecule has 4 aromatic rings. The van der Waals surface area contributed by atoms with Gasteiger partial charge in [-0.2, -0.15) is 4.74 Å². The van der Waals surface area contributed by atoms with Crippen molar-refractivity contribution < 1.29 is 9.05 Å². The largest absolute Gasteiger partial charge is 0.356 e. The van der Waals surface area contributed by atoms with Crippen LogP contribution in [0.15, 0.2) is 104 Å². The molecule has 0 aliphatic rings. The highest BCUT2D eigenvalue weighted by Crippen LogP contribution is 2.16. The van der Waals surface area contributed by atoms with Gasteiger partial charge in [0.1, 0.15) is 0 Å². The van der Waals surface area contributed by atoms with E-state index in [1.165, 1.54) is 6.20 Å². The van der Waals surface area contributed by atoms with Crippen molar-refractivity contribution in [3.05, 3.63) is 133 Å². The Hall–Kier alpha value is -4.17. The van der Waals surface area contributed by atoms with E-state index < -0.39 is 16.9 Å². The number of rotatable bonds is 5. The standard InChI is InChI=1S/C24H19ClN4O4/c25-20-11-5-4-9-19(20)16-28-24(26)29(33-22(31)13-12-21(30)32-28)23-18(10-6-14-27-23)15-17-7-2-1-3-8-17/h1-14,26H,15-16H2. The summed E-state index contributed by atoms with van der Waals surface area (Å²) < 4.78 is 12.7. The first-order valence-electron chi connectivity index (χ1n) is 10.0. The molecule has 4 rings (SSSR count). The summed E-state index contributed by atoms with van der Waals surface area (Å²) in [6, 6.07) is 22.1. The smallest absolute Gasteiger partial charge is 0.333 e. The zero-order valence-electron chi connectivity index (χ0n) is 17.3. The molecule has 0 spiro atoms. The van der Waals surface area contributed by atoms with Crippen LogP contribution >= 0.6 is 11.6 Å². The molecular weight excluding hydrogens is 444 g/mol. The summed E-state index contributed by atoms with van der Waals surface area (Å²) in [6.45, 7) is -0.0486. The van der Waals surface area contributed by atoms with E-state index in [0.717, 1.165) is 27.2 Å². The van der Waals surface area contributed by atoms with E-state index in [9.17, 15) is 9.59 Å². The van der Waals surface area contributed by atoms with Crippen LogP contribution < -0.4 is 16.9 Å². The number of nitrogens with zero attached hydrogens (tertiary/aromatic N) is 3. The van der Waals surface area contributed by atoms with Crippen molar-refractivity contribution in [3.8, 4) is 5.82 Å². The molecule has 0 atom stereocenters. The maximum absolute atomic E-state index is 12.3. The van der Waals surface area contributed by atoms with E-state index in [2.05, 4.69) is 4.98 Å². The van der Waals surface area contributed by atoms with Gasteiger partial charge in [0.2, 0.25) is 0 Å². The van der Waals surface area contributed by atoms with Crippen molar-refractivity contribution in [2.75, 3.05) is 0 Å². The third-order valence-electron chi connectivity index (χ3n) is 4.73. The Labute approximate surface area is 192 Å². The fourth-order valence-electron chi connectivity index (χ4n) is 3.18. The maximum atomic E-state index is 12.3. The van der Waals surface area contributed by atoms with E-state index in [1.54, 1.807) is 30.3 Å². The highest BCUT2D eigenvalue weighted by molar-refractivity contribution is 6.31. The summed E-state index contributed by atoms with van der Waals surface area (Å²) in [5, 5.41) is 9.17. The Morgan fingerprint density at radius 2 is 1.48 bits per heavy atom. The molecule has 2 heterocycles. The van der Waals surface area contributed by atoms with Crippen LogP contribution in [0.4, 0.5) is 0 Å². The molecule has 1 N–H and O–H groups in total. The summed E-state index contributed by atoms with van der Waals surface area (Å²) in [7, 11) is 0. The molecule has 0 saturated heterocycles. The van der Waals surface area contributed by atoms with E-state index in [4.69, 9.17) is 26.1 Å². The van der Waals surface area contributed by atoms with Gasteiger partial charge >= 0.3 is 11.3 Å². The number of benzene rings is 2. The van der Waals surface area contributed by atoms with Gasteiger partial charge in [0.15, 0.2) is 5.82 Å². The minimum atomic E-state index is -0.854. The van der Waals surface area contributed by atoms with Gasteiger partial charge in [0.05, 0.1) is 6.54 Å². The van der Waals surface area contributed by atoms with Crippen molar-refractivity contribution in [2.24, 2.45) is 0 Å². The van der Waals surface area contributed by atoms with Crippen LogP contribution in [0.25, 0.3) is 5.82 Å². The molecule has 0 amide bonds. The number of nitrogens with one attached hydrogen (secondary N) is 1. The second kappa shape index (κ2) is 9.97. The average Bonchev–Trinajstić information content (AvgIpc) is 2.87. The molecule has 0 aliphatic heterocycles. The Morgan fingerprint density at radius 1 is 0.818 bits per heavy atom. The minimum Gasteiger partial charge on any atom is -0.333 e. The number of pyridine rings is 1. The number of halogens is 1. The van der Waals surface area contributed by atoms with Crippen molar-refractivity contribution in [1.82, 2.24) is 14.5 Å². The fraction of sp³-hybridized carbons (Fsp3) is 0.0833. The Morgan fingerprint density at radius 3 is 2.24 bits per heavy atom. The first-order valence-corrected chi connectivity index (χ1v) is 10.4. The van der Waals surface area contributed by atoms with Gasteiger partial charge in [-0.1, -0.05) is 66.2 Å². The third kappa shape index (κ3) is 5.36. The monoisotopic (exact) mass is 462 g/mol. The van der Waals surface area contributed by atoms with Crippen LogP contribution in [0.5, 0.6) is 0 Å². The van der Waals surface area contributed by atoms with Crippen molar-refractivity contribution in [3.63, 3.8) is 0 Å².